The van der Waals surface area contributed by atoms with Crippen LogP contribution in [0.25, 0.3) is 5.70 Å². The monoisotopic (exact) mass is 573 g/mol. The van der Waals surface area contributed by atoms with Gasteiger partial charge in [-0.25, -0.2) is 0 Å². The molecule has 3 rings (SSSR count). The van der Waals surface area contributed by atoms with E-state index in [0.717, 1.165) is 27.9 Å². The van der Waals surface area contributed by atoms with Crippen LogP contribution < -0.4 is 0 Å². The molecule has 1 aromatic rings. The van der Waals surface area contributed by atoms with Crippen LogP contribution in [0.3, 0.4) is 0 Å². The predicted molar refractivity (Wildman–Crippen MR) is 159 cm³/mol. The molecule has 1 aliphatic heterocycles. The first-order valence-corrected chi connectivity index (χ1v) is 14.3. The van der Waals surface area contributed by atoms with Crippen LogP contribution in [0, 0.1) is 11.8 Å². The maximum absolute atomic E-state index is 5.09. The fraction of sp³-hybridized carbons (Fsp3) is 0.367. The number of hydrogen-bond acceptors (Lipinski definition) is 1. The van der Waals surface area contributed by atoms with Crippen molar-refractivity contribution in [2.24, 2.45) is 16.8 Å². The predicted octanol–water partition coefficient (Wildman–Crippen LogP) is 10.5. The molecule has 0 radical (unpaired) electrons. The van der Waals surface area contributed by atoms with Crippen LogP contribution in [0.15, 0.2) is 99.6 Å². The molecular formula is C30H41Br2N. The van der Waals surface area contributed by atoms with E-state index in [1.54, 1.807) is 0 Å². The highest BCUT2D eigenvalue weighted by atomic mass is 79.9. The minimum atomic E-state index is 0.281. The van der Waals surface area contributed by atoms with Crippen molar-refractivity contribution >= 4 is 43.3 Å². The van der Waals surface area contributed by atoms with Crippen molar-refractivity contribution in [1.29, 1.82) is 0 Å². The summed E-state index contributed by atoms with van der Waals surface area (Å²) in [6, 6.07) is 10.5. The Bertz CT molecular complexity index is 896. The molecule has 1 nitrogen and oxygen atoms in total. The third-order valence-corrected chi connectivity index (χ3v) is 5.57. The summed E-state index contributed by atoms with van der Waals surface area (Å²) >= 11 is 6.62. The van der Waals surface area contributed by atoms with E-state index in [1.807, 2.05) is 39.6 Å². The van der Waals surface area contributed by atoms with Gasteiger partial charge in [-0.3, -0.25) is 4.99 Å². The number of alkyl halides is 1. The Morgan fingerprint density at radius 2 is 1.67 bits per heavy atom. The van der Waals surface area contributed by atoms with Gasteiger partial charge in [0.05, 0.1) is 11.4 Å². The molecular weight excluding hydrogens is 534 g/mol. The lowest BCUT2D eigenvalue weighted by Crippen LogP contribution is -2.25. The quantitative estimate of drug-likeness (QED) is 0.250. The zero-order valence-corrected chi connectivity index (χ0v) is 24.7. The molecule has 1 aliphatic carbocycles. The molecule has 2 aliphatic rings. The second-order valence-corrected chi connectivity index (χ2v) is 7.76. The SMILES string of the molecule is C/C=C\C(=C/C)C1=NC(c2ccccc2)=CC(C2=CC(Br)=CCC=C2)C1C.CBr.CC.CC. The van der Waals surface area contributed by atoms with E-state index >= 15 is 0 Å². The van der Waals surface area contributed by atoms with Crippen molar-refractivity contribution in [3.05, 3.63) is 100 Å². The summed E-state index contributed by atoms with van der Waals surface area (Å²) < 4.78 is 1.15. The molecule has 0 saturated carbocycles. The molecule has 3 heteroatoms. The van der Waals surface area contributed by atoms with E-state index in [0.29, 0.717) is 5.92 Å². The van der Waals surface area contributed by atoms with Crippen LogP contribution in [-0.4, -0.2) is 11.5 Å². The Kier molecular flexibility index (Phi) is 17.7. The fourth-order valence-corrected chi connectivity index (χ4v) is 4.05. The molecule has 0 fully saturated rings. The first-order chi connectivity index (χ1) is 16.1. The lowest BCUT2D eigenvalue weighted by molar-refractivity contribution is 0.620. The van der Waals surface area contributed by atoms with E-state index in [2.05, 4.69) is 126 Å². The van der Waals surface area contributed by atoms with Crippen molar-refractivity contribution in [1.82, 2.24) is 0 Å². The summed E-state index contributed by atoms with van der Waals surface area (Å²) in [5.74, 6) is 2.39. The lowest BCUT2D eigenvalue weighted by Gasteiger charge is -2.29. The summed E-state index contributed by atoms with van der Waals surface area (Å²) in [6.45, 7) is 14.4. The number of nitrogens with zero attached hydrogens (tertiary/aromatic N) is 1. The molecule has 1 aromatic carbocycles. The van der Waals surface area contributed by atoms with Gasteiger partial charge in [0.15, 0.2) is 0 Å². The van der Waals surface area contributed by atoms with Gasteiger partial charge in [0.1, 0.15) is 0 Å². The zero-order chi connectivity index (χ0) is 25.2. The number of benzene rings is 1. The molecule has 0 amide bonds. The molecule has 0 bridgehead atoms. The summed E-state index contributed by atoms with van der Waals surface area (Å²) in [4.78, 5) is 5.09. The standard InChI is InChI=1S/C25H26BrN.2C2H6.CH3Br/c1-4-11-19(5-2)25-18(3)23(21-14-9-10-15-22(26)16-21)17-24(27-25)20-12-7-6-8-13-20;3*1-2/h4-9,11-18,23H,10H2,1-3H3;2*1-2H3;1H3/b11-4-,19-5+;;;. The van der Waals surface area contributed by atoms with Crippen molar-refractivity contribution < 1.29 is 0 Å². The van der Waals surface area contributed by atoms with E-state index in [4.69, 9.17) is 4.99 Å². The van der Waals surface area contributed by atoms with E-state index in [-0.39, 0.29) is 5.92 Å². The van der Waals surface area contributed by atoms with Gasteiger partial charge in [0, 0.05) is 16.3 Å². The van der Waals surface area contributed by atoms with Crippen LogP contribution in [0.2, 0.25) is 0 Å². The van der Waals surface area contributed by atoms with Crippen LogP contribution in [0.4, 0.5) is 0 Å². The minimum Gasteiger partial charge on any atom is -0.252 e. The molecule has 33 heavy (non-hydrogen) atoms. The number of hydrogen-bond donors (Lipinski definition) is 0. The average molecular weight is 575 g/mol. The molecule has 0 N–H and O–H groups in total. The fourth-order valence-electron chi connectivity index (χ4n) is 3.60. The van der Waals surface area contributed by atoms with Crippen molar-refractivity contribution in [2.75, 3.05) is 5.83 Å². The van der Waals surface area contributed by atoms with E-state index in [1.165, 1.54) is 11.1 Å². The molecule has 1 heterocycles. The number of rotatable bonds is 4. The van der Waals surface area contributed by atoms with Gasteiger partial charge in [-0.05, 0) is 55.0 Å². The highest BCUT2D eigenvalue weighted by Crippen LogP contribution is 2.37. The van der Waals surface area contributed by atoms with E-state index < -0.39 is 0 Å². The molecule has 0 saturated heterocycles. The first kappa shape index (κ1) is 31.3. The van der Waals surface area contributed by atoms with Gasteiger partial charge in [-0.1, -0.05) is 133 Å². The van der Waals surface area contributed by atoms with Gasteiger partial charge in [-0.15, -0.1) is 0 Å². The Morgan fingerprint density at radius 3 is 2.24 bits per heavy atom. The second kappa shape index (κ2) is 18.7. The maximum atomic E-state index is 5.09. The lowest BCUT2D eigenvalue weighted by atomic mass is 9.78. The van der Waals surface area contributed by atoms with Gasteiger partial charge < -0.3 is 0 Å². The number of halogens is 2. The number of allylic oxidation sites excluding steroid dienone is 11. The van der Waals surface area contributed by atoms with Crippen molar-refractivity contribution in [2.45, 2.75) is 54.9 Å². The Balaban J connectivity index is 0.00000158. The normalized spacial score (nSPS) is 19.8. The Hall–Kier alpha value is -1.71. The summed E-state index contributed by atoms with van der Waals surface area (Å²) in [5.41, 5.74) is 5.89. The summed E-state index contributed by atoms with van der Waals surface area (Å²) in [5, 5.41) is 0. The van der Waals surface area contributed by atoms with Crippen molar-refractivity contribution in [3.63, 3.8) is 0 Å². The van der Waals surface area contributed by atoms with Gasteiger partial charge >= 0.3 is 0 Å². The van der Waals surface area contributed by atoms with Gasteiger partial charge in [0.25, 0.3) is 0 Å². The van der Waals surface area contributed by atoms with Crippen LogP contribution in [0.1, 0.15) is 60.5 Å². The van der Waals surface area contributed by atoms with Gasteiger partial charge in [0.2, 0.25) is 0 Å². The van der Waals surface area contributed by atoms with Crippen LogP contribution >= 0.6 is 31.9 Å². The molecule has 2 unspecified atom stereocenters. The number of aliphatic imine (C=N–C) groups is 1. The topological polar surface area (TPSA) is 12.4 Å². The average Bonchev–Trinajstić information content (AvgIpc) is 3.11. The molecule has 0 spiro atoms. The van der Waals surface area contributed by atoms with E-state index in [9.17, 15) is 0 Å². The third-order valence-electron chi connectivity index (χ3n) is 5.02. The maximum Gasteiger partial charge on any atom is 0.0672 e. The molecule has 2 atom stereocenters. The Labute approximate surface area is 220 Å². The van der Waals surface area contributed by atoms with Gasteiger partial charge in [-0.2, -0.15) is 0 Å². The Morgan fingerprint density at radius 1 is 1.03 bits per heavy atom. The zero-order valence-electron chi connectivity index (χ0n) is 21.6. The third kappa shape index (κ3) is 9.59. The second-order valence-electron chi connectivity index (χ2n) is 6.84. The summed E-state index contributed by atoms with van der Waals surface area (Å²) in [6.07, 6.45) is 18.6. The highest BCUT2D eigenvalue weighted by Gasteiger charge is 2.29. The largest absolute Gasteiger partial charge is 0.252 e. The van der Waals surface area contributed by atoms with Crippen LogP contribution in [-0.2, 0) is 0 Å². The summed E-state index contributed by atoms with van der Waals surface area (Å²) in [7, 11) is 0. The van der Waals surface area contributed by atoms with Crippen molar-refractivity contribution in [3.8, 4) is 0 Å². The molecule has 180 valence electrons. The smallest absolute Gasteiger partial charge is 0.0672 e. The van der Waals surface area contributed by atoms with Crippen LogP contribution in [0.5, 0.6) is 0 Å². The molecule has 0 aromatic heterocycles. The highest BCUT2D eigenvalue weighted by molar-refractivity contribution is 9.11. The minimum absolute atomic E-state index is 0.281. The first-order valence-electron chi connectivity index (χ1n) is 11.9.